The minimum absolute atomic E-state index is 0.143. The van der Waals surface area contributed by atoms with Gasteiger partial charge in [-0.2, -0.15) is 0 Å². The molecule has 5 nitrogen and oxygen atoms in total. The molecule has 126 valence electrons. The second kappa shape index (κ2) is 6.20. The molecule has 2 atom stereocenters. The largest absolute Gasteiger partial charge is 0.479 e. The van der Waals surface area contributed by atoms with Gasteiger partial charge in [0.2, 0.25) is 0 Å². The Kier molecular flexibility index (Phi) is 4.82. The zero-order valence-corrected chi connectivity index (χ0v) is 14.7. The molecule has 1 aromatic rings. The van der Waals surface area contributed by atoms with Crippen LogP contribution in [0, 0.1) is 11.2 Å². The van der Waals surface area contributed by atoms with Crippen LogP contribution in [0.4, 0.5) is 4.39 Å². The van der Waals surface area contributed by atoms with E-state index in [0.717, 1.165) is 6.07 Å². The van der Waals surface area contributed by atoms with E-state index in [4.69, 9.17) is 4.74 Å². The van der Waals surface area contributed by atoms with E-state index in [2.05, 4.69) is 21.2 Å². The highest BCUT2D eigenvalue weighted by Crippen LogP contribution is 2.51. The van der Waals surface area contributed by atoms with Crippen molar-refractivity contribution in [2.45, 2.75) is 38.8 Å². The monoisotopic (exact) mass is 387 g/mol. The zero-order chi connectivity index (χ0) is 17.4. The zero-order valence-electron chi connectivity index (χ0n) is 13.2. The van der Waals surface area contributed by atoms with Crippen LogP contribution in [0.15, 0.2) is 22.7 Å². The molecular formula is C16H19BrFNO4. The number of nitrogens with one attached hydrogen (secondary N) is 1. The molecule has 0 radical (unpaired) electrons. The first-order valence-electron chi connectivity index (χ1n) is 7.28. The Hall–Kier alpha value is -1.47. The van der Waals surface area contributed by atoms with Crippen molar-refractivity contribution in [3.05, 3.63) is 34.1 Å². The molecule has 0 heterocycles. The first-order chi connectivity index (χ1) is 10.7. The lowest BCUT2D eigenvalue weighted by Gasteiger charge is -2.58. The molecule has 0 aromatic heterocycles. The van der Waals surface area contributed by atoms with Crippen LogP contribution in [0.5, 0.6) is 0 Å². The van der Waals surface area contributed by atoms with Gasteiger partial charge in [-0.25, -0.2) is 9.18 Å². The van der Waals surface area contributed by atoms with Crippen LogP contribution in [0.25, 0.3) is 0 Å². The van der Waals surface area contributed by atoms with E-state index in [1.54, 1.807) is 13.8 Å². The summed E-state index contributed by atoms with van der Waals surface area (Å²) in [4.78, 5) is 24.2. The van der Waals surface area contributed by atoms with Crippen LogP contribution in [0.3, 0.4) is 0 Å². The average molecular weight is 388 g/mol. The Labute approximate surface area is 142 Å². The van der Waals surface area contributed by atoms with Crippen LogP contribution in [0.1, 0.15) is 37.6 Å². The molecule has 2 rings (SSSR count). The summed E-state index contributed by atoms with van der Waals surface area (Å²) < 4.78 is 19.9. The molecule has 1 aliphatic rings. The fraction of sp³-hybridized carbons (Fsp3) is 0.500. The van der Waals surface area contributed by atoms with E-state index >= 15 is 0 Å². The molecule has 0 spiro atoms. The van der Waals surface area contributed by atoms with E-state index in [-0.39, 0.29) is 18.1 Å². The molecular weight excluding hydrogens is 369 g/mol. The van der Waals surface area contributed by atoms with E-state index in [0.29, 0.717) is 11.1 Å². The maximum absolute atomic E-state index is 13.9. The van der Waals surface area contributed by atoms with Crippen molar-refractivity contribution in [2.24, 2.45) is 5.41 Å². The Morgan fingerprint density at radius 2 is 2.13 bits per heavy atom. The van der Waals surface area contributed by atoms with Gasteiger partial charge in [-0.1, -0.05) is 29.8 Å². The van der Waals surface area contributed by atoms with Gasteiger partial charge in [-0.15, -0.1) is 0 Å². The third-order valence-electron chi connectivity index (χ3n) is 4.63. The van der Waals surface area contributed by atoms with E-state index in [9.17, 15) is 19.1 Å². The minimum Gasteiger partial charge on any atom is -0.479 e. The number of carbonyl (C=O) groups is 2. The number of aliphatic carboxylic acids is 1. The maximum atomic E-state index is 13.9. The lowest BCUT2D eigenvalue weighted by molar-refractivity contribution is -0.190. The molecule has 1 aromatic carbocycles. The fourth-order valence-corrected chi connectivity index (χ4v) is 3.33. The van der Waals surface area contributed by atoms with E-state index < -0.39 is 28.6 Å². The number of hydrogen-bond donors (Lipinski definition) is 2. The predicted molar refractivity (Wildman–Crippen MR) is 85.7 cm³/mol. The number of carboxylic acid groups (broad SMARTS) is 1. The standard InChI is InChI=1S/C16H19BrFNO4/c1-4-23-12-8-16(14(21)22,15(12,2)3)19-13(20)10-7-9(17)5-6-11(10)18/h5-7,12H,4,8H2,1-3H3,(H,19,20)(H,21,22). The van der Waals surface area contributed by atoms with Crippen LogP contribution < -0.4 is 5.32 Å². The van der Waals surface area contributed by atoms with Gasteiger partial charge in [0.25, 0.3) is 5.91 Å². The van der Waals surface area contributed by atoms with Crippen LogP contribution >= 0.6 is 15.9 Å². The molecule has 1 aliphatic carbocycles. The summed E-state index contributed by atoms with van der Waals surface area (Å²) >= 11 is 3.17. The summed E-state index contributed by atoms with van der Waals surface area (Å²) in [6.45, 7) is 5.73. The van der Waals surface area contributed by atoms with Gasteiger partial charge in [-0.3, -0.25) is 4.79 Å². The van der Waals surface area contributed by atoms with Gasteiger partial charge in [0.15, 0.2) is 0 Å². The lowest BCUT2D eigenvalue weighted by atomic mass is 9.54. The number of carboxylic acids is 1. The first-order valence-corrected chi connectivity index (χ1v) is 8.07. The molecule has 1 amide bonds. The quantitative estimate of drug-likeness (QED) is 0.814. The van der Waals surface area contributed by atoms with Gasteiger partial charge in [-0.05, 0) is 25.1 Å². The topological polar surface area (TPSA) is 75.6 Å². The molecule has 0 aliphatic heterocycles. The molecule has 2 N–H and O–H groups in total. The molecule has 0 bridgehead atoms. The van der Waals surface area contributed by atoms with Crippen LogP contribution in [-0.4, -0.2) is 35.2 Å². The van der Waals surface area contributed by atoms with Gasteiger partial charge in [0, 0.05) is 22.9 Å². The summed E-state index contributed by atoms with van der Waals surface area (Å²) in [5.74, 6) is -2.61. The van der Waals surface area contributed by atoms with Crippen LogP contribution in [-0.2, 0) is 9.53 Å². The van der Waals surface area contributed by atoms with Gasteiger partial charge < -0.3 is 15.2 Å². The highest BCUT2D eigenvalue weighted by atomic mass is 79.9. The average Bonchev–Trinajstić information content (AvgIpc) is 2.47. The summed E-state index contributed by atoms with van der Waals surface area (Å²) in [6, 6.07) is 3.95. The molecule has 1 fully saturated rings. The number of halogens is 2. The van der Waals surface area contributed by atoms with Crippen molar-refractivity contribution in [1.29, 1.82) is 0 Å². The van der Waals surface area contributed by atoms with Crippen molar-refractivity contribution in [2.75, 3.05) is 6.61 Å². The predicted octanol–water partition coefficient (Wildman–Crippen LogP) is 2.98. The highest BCUT2D eigenvalue weighted by molar-refractivity contribution is 9.10. The SMILES string of the molecule is CCOC1CC(NC(=O)c2cc(Br)ccc2F)(C(=O)O)C1(C)C. The lowest BCUT2D eigenvalue weighted by Crippen LogP contribution is -2.76. The van der Waals surface area contributed by atoms with Crippen molar-refractivity contribution in [1.82, 2.24) is 5.32 Å². The number of hydrogen-bond acceptors (Lipinski definition) is 3. The number of benzene rings is 1. The first kappa shape index (κ1) is 17.9. The molecule has 2 unspecified atom stereocenters. The van der Waals surface area contributed by atoms with Crippen molar-refractivity contribution >= 4 is 27.8 Å². The number of rotatable bonds is 5. The Balaban J connectivity index is 2.30. The second-order valence-electron chi connectivity index (χ2n) is 6.16. The smallest absolute Gasteiger partial charge is 0.330 e. The number of carbonyl (C=O) groups excluding carboxylic acids is 1. The van der Waals surface area contributed by atoms with Gasteiger partial charge >= 0.3 is 5.97 Å². The third kappa shape index (κ3) is 2.87. The Bertz CT molecular complexity index is 649. The molecule has 7 heteroatoms. The molecule has 23 heavy (non-hydrogen) atoms. The highest BCUT2D eigenvalue weighted by Gasteiger charge is 2.66. The maximum Gasteiger partial charge on any atom is 0.330 e. The number of amides is 1. The summed E-state index contributed by atoms with van der Waals surface area (Å²) in [6.07, 6.45) is -0.138. The van der Waals surface area contributed by atoms with Gasteiger partial charge in [0.05, 0.1) is 11.7 Å². The minimum atomic E-state index is -1.49. The van der Waals surface area contributed by atoms with Gasteiger partial charge in [0.1, 0.15) is 11.4 Å². The van der Waals surface area contributed by atoms with Crippen molar-refractivity contribution in [3.63, 3.8) is 0 Å². The normalized spacial score (nSPS) is 25.5. The second-order valence-corrected chi connectivity index (χ2v) is 7.07. The summed E-state index contributed by atoms with van der Waals surface area (Å²) in [7, 11) is 0. The summed E-state index contributed by atoms with van der Waals surface area (Å²) in [5, 5.41) is 12.2. The van der Waals surface area contributed by atoms with Crippen molar-refractivity contribution in [3.8, 4) is 0 Å². The molecule has 0 saturated heterocycles. The fourth-order valence-electron chi connectivity index (χ4n) is 2.97. The van der Waals surface area contributed by atoms with E-state index in [1.165, 1.54) is 12.1 Å². The third-order valence-corrected chi connectivity index (χ3v) is 5.12. The molecule has 1 saturated carbocycles. The Morgan fingerprint density at radius 3 is 2.65 bits per heavy atom. The van der Waals surface area contributed by atoms with Crippen molar-refractivity contribution < 1.29 is 23.8 Å². The van der Waals surface area contributed by atoms with Crippen LogP contribution in [0.2, 0.25) is 0 Å². The summed E-state index contributed by atoms with van der Waals surface area (Å²) in [5.41, 5.74) is -2.50. The Morgan fingerprint density at radius 1 is 1.48 bits per heavy atom. The van der Waals surface area contributed by atoms with E-state index in [1.807, 2.05) is 6.92 Å². The number of ether oxygens (including phenoxy) is 1.